The van der Waals surface area contributed by atoms with E-state index in [1.165, 1.54) is 0 Å². The van der Waals surface area contributed by atoms with E-state index in [0.29, 0.717) is 29.5 Å². The summed E-state index contributed by atoms with van der Waals surface area (Å²) in [5.74, 6) is 1.88. The molecule has 1 heterocycles. The molecule has 0 N–H and O–H groups in total. The summed E-state index contributed by atoms with van der Waals surface area (Å²) in [7, 11) is 3.50. The molecule has 0 amide bonds. The number of nitrogens with zero attached hydrogens (tertiary/aromatic N) is 3. The molecule has 0 saturated heterocycles. The highest BCUT2D eigenvalue weighted by molar-refractivity contribution is 9.10. The first kappa shape index (κ1) is 18.0. The predicted molar refractivity (Wildman–Crippen MR) is 106 cm³/mol. The van der Waals surface area contributed by atoms with Crippen LogP contribution in [0.15, 0.2) is 40.9 Å². The van der Waals surface area contributed by atoms with Gasteiger partial charge in [0, 0.05) is 7.05 Å². The number of rotatable bonds is 5. The molecule has 3 aromatic rings. The van der Waals surface area contributed by atoms with Crippen LogP contribution in [0.5, 0.6) is 11.5 Å². The molecule has 5 nitrogen and oxygen atoms in total. The Morgan fingerprint density at radius 1 is 1.35 bits per heavy atom. The van der Waals surface area contributed by atoms with Crippen molar-refractivity contribution in [1.82, 2.24) is 9.55 Å². The van der Waals surface area contributed by atoms with Crippen LogP contribution in [0.1, 0.15) is 18.3 Å². The van der Waals surface area contributed by atoms with Crippen LogP contribution in [-0.4, -0.2) is 23.3 Å². The summed E-state index contributed by atoms with van der Waals surface area (Å²) in [4.78, 5) is 4.60. The second-order valence-corrected chi connectivity index (χ2v) is 6.47. The summed E-state index contributed by atoms with van der Waals surface area (Å²) >= 11 is 3.50. The summed E-state index contributed by atoms with van der Waals surface area (Å²) in [6, 6.07) is 13.8. The molecule has 132 valence electrons. The van der Waals surface area contributed by atoms with Gasteiger partial charge >= 0.3 is 0 Å². The SMILES string of the molecule is CCOc1cc(C=C(C#N)c2nc3ccccc3n2C)cc(Br)c1OC. The molecule has 0 spiro atoms. The number of aryl methyl sites for hydroxylation is 1. The van der Waals surface area contributed by atoms with E-state index in [-0.39, 0.29) is 0 Å². The average Bonchev–Trinajstić information content (AvgIpc) is 2.97. The Labute approximate surface area is 160 Å². The summed E-state index contributed by atoms with van der Waals surface area (Å²) in [5, 5.41) is 9.69. The summed E-state index contributed by atoms with van der Waals surface area (Å²) in [6.45, 7) is 2.43. The van der Waals surface area contributed by atoms with Gasteiger partial charge in [-0.1, -0.05) is 12.1 Å². The number of methoxy groups -OCH3 is 1. The molecule has 3 rings (SSSR count). The molecule has 1 aromatic heterocycles. The van der Waals surface area contributed by atoms with Crippen molar-refractivity contribution in [2.75, 3.05) is 13.7 Å². The highest BCUT2D eigenvalue weighted by atomic mass is 79.9. The maximum absolute atomic E-state index is 9.69. The molecule has 0 atom stereocenters. The Morgan fingerprint density at radius 2 is 2.12 bits per heavy atom. The number of hydrogen-bond donors (Lipinski definition) is 0. The van der Waals surface area contributed by atoms with Crippen LogP contribution in [0.4, 0.5) is 0 Å². The predicted octanol–water partition coefficient (Wildman–Crippen LogP) is 4.81. The van der Waals surface area contributed by atoms with Crippen molar-refractivity contribution in [2.24, 2.45) is 7.05 Å². The number of allylic oxidation sites excluding steroid dienone is 1. The number of fused-ring (bicyclic) bond motifs is 1. The molecule has 0 bridgehead atoms. The Balaban J connectivity index is 2.12. The van der Waals surface area contributed by atoms with E-state index in [1.807, 2.05) is 54.9 Å². The number of aromatic nitrogens is 2. The molecular formula is C20H18BrN3O2. The Morgan fingerprint density at radius 3 is 2.77 bits per heavy atom. The minimum Gasteiger partial charge on any atom is -0.492 e. The van der Waals surface area contributed by atoms with Gasteiger partial charge in [0.25, 0.3) is 0 Å². The molecule has 0 aliphatic heterocycles. The van der Waals surface area contributed by atoms with Crippen molar-refractivity contribution in [2.45, 2.75) is 6.92 Å². The van der Waals surface area contributed by atoms with Crippen LogP contribution < -0.4 is 9.47 Å². The molecule has 6 heteroatoms. The first-order valence-electron chi connectivity index (χ1n) is 8.13. The Bertz CT molecular complexity index is 1030. The highest BCUT2D eigenvalue weighted by Gasteiger charge is 2.14. The number of hydrogen-bond acceptors (Lipinski definition) is 4. The van der Waals surface area contributed by atoms with Gasteiger partial charge in [0.05, 0.1) is 34.8 Å². The van der Waals surface area contributed by atoms with Crippen molar-refractivity contribution in [3.8, 4) is 17.6 Å². The molecule has 0 saturated carbocycles. The third-order valence-corrected chi connectivity index (χ3v) is 4.58. The molecule has 0 radical (unpaired) electrons. The number of ether oxygens (including phenoxy) is 2. The van der Waals surface area contributed by atoms with E-state index >= 15 is 0 Å². The molecule has 26 heavy (non-hydrogen) atoms. The monoisotopic (exact) mass is 411 g/mol. The van der Waals surface area contributed by atoms with Crippen LogP contribution in [0, 0.1) is 11.3 Å². The van der Waals surface area contributed by atoms with Crippen LogP contribution in [0.2, 0.25) is 0 Å². The zero-order valence-corrected chi connectivity index (χ0v) is 16.4. The van der Waals surface area contributed by atoms with Crippen molar-refractivity contribution in [3.05, 3.63) is 52.3 Å². The van der Waals surface area contributed by atoms with Gasteiger partial charge < -0.3 is 14.0 Å². The minimum absolute atomic E-state index is 0.475. The second kappa shape index (κ2) is 7.63. The van der Waals surface area contributed by atoms with Crippen molar-refractivity contribution < 1.29 is 9.47 Å². The fraction of sp³-hybridized carbons (Fsp3) is 0.200. The zero-order chi connectivity index (χ0) is 18.7. The lowest BCUT2D eigenvalue weighted by atomic mass is 10.1. The van der Waals surface area contributed by atoms with Crippen molar-refractivity contribution in [1.29, 1.82) is 5.26 Å². The van der Waals surface area contributed by atoms with Crippen molar-refractivity contribution in [3.63, 3.8) is 0 Å². The molecular weight excluding hydrogens is 394 g/mol. The summed E-state index contributed by atoms with van der Waals surface area (Å²) in [5.41, 5.74) is 3.14. The zero-order valence-electron chi connectivity index (χ0n) is 14.8. The Kier molecular flexibility index (Phi) is 5.29. The fourth-order valence-electron chi connectivity index (χ4n) is 2.83. The highest BCUT2D eigenvalue weighted by Crippen LogP contribution is 2.37. The number of benzene rings is 2. The number of nitriles is 1. The third kappa shape index (κ3) is 3.31. The maximum atomic E-state index is 9.69. The quantitative estimate of drug-likeness (QED) is 0.565. The van der Waals surface area contributed by atoms with Gasteiger partial charge in [0.15, 0.2) is 17.3 Å². The number of para-hydroxylation sites is 2. The van der Waals surface area contributed by atoms with Gasteiger partial charge in [0.1, 0.15) is 6.07 Å². The smallest absolute Gasteiger partial charge is 0.174 e. The molecule has 0 fully saturated rings. The first-order chi connectivity index (χ1) is 12.6. The van der Waals surface area contributed by atoms with E-state index < -0.39 is 0 Å². The van der Waals surface area contributed by atoms with E-state index in [2.05, 4.69) is 27.0 Å². The molecule has 0 aliphatic carbocycles. The molecule has 0 aliphatic rings. The number of imidazole rings is 1. The third-order valence-electron chi connectivity index (χ3n) is 4.00. The van der Waals surface area contributed by atoms with E-state index in [1.54, 1.807) is 13.2 Å². The van der Waals surface area contributed by atoms with Gasteiger partial charge in [-0.3, -0.25) is 0 Å². The topological polar surface area (TPSA) is 60.1 Å². The average molecular weight is 412 g/mol. The van der Waals surface area contributed by atoms with Crippen LogP contribution in [0.3, 0.4) is 0 Å². The largest absolute Gasteiger partial charge is 0.492 e. The van der Waals surface area contributed by atoms with Crippen molar-refractivity contribution >= 4 is 38.6 Å². The van der Waals surface area contributed by atoms with Gasteiger partial charge in [0.2, 0.25) is 0 Å². The van der Waals surface area contributed by atoms with E-state index in [0.717, 1.165) is 21.1 Å². The normalized spacial score (nSPS) is 11.4. The molecule has 2 aromatic carbocycles. The van der Waals surface area contributed by atoms with Gasteiger partial charge in [-0.2, -0.15) is 5.26 Å². The van der Waals surface area contributed by atoms with E-state index in [4.69, 9.17) is 9.47 Å². The Hall–Kier alpha value is -2.78. The number of halogens is 1. The second-order valence-electron chi connectivity index (χ2n) is 5.62. The standard InChI is InChI=1S/C20H18BrN3O2/c1-4-26-18-11-13(10-15(21)19(18)25-3)9-14(12-22)20-23-16-7-5-6-8-17(16)24(20)2/h5-11H,4H2,1-3H3. The van der Waals surface area contributed by atoms with Crippen LogP contribution in [-0.2, 0) is 7.05 Å². The van der Waals surface area contributed by atoms with Gasteiger partial charge in [-0.15, -0.1) is 0 Å². The van der Waals surface area contributed by atoms with Crippen LogP contribution in [0.25, 0.3) is 22.7 Å². The van der Waals surface area contributed by atoms with Crippen LogP contribution >= 0.6 is 15.9 Å². The lowest BCUT2D eigenvalue weighted by Gasteiger charge is -2.12. The fourth-order valence-corrected chi connectivity index (χ4v) is 3.45. The molecule has 0 unspecified atom stereocenters. The van der Waals surface area contributed by atoms with E-state index in [9.17, 15) is 5.26 Å². The van der Waals surface area contributed by atoms with Gasteiger partial charge in [-0.25, -0.2) is 4.98 Å². The lowest BCUT2D eigenvalue weighted by molar-refractivity contribution is 0.310. The first-order valence-corrected chi connectivity index (χ1v) is 8.92. The lowest BCUT2D eigenvalue weighted by Crippen LogP contribution is -1.98. The maximum Gasteiger partial charge on any atom is 0.174 e. The van der Waals surface area contributed by atoms with Gasteiger partial charge in [-0.05, 0) is 58.8 Å². The summed E-state index contributed by atoms with van der Waals surface area (Å²) in [6.07, 6.45) is 1.80. The summed E-state index contributed by atoms with van der Waals surface area (Å²) < 4.78 is 13.7. The minimum atomic E-state index is 0.475.